The Morgan fingerprint density at radius 1 is 1.08 bits per heavy atom. The highest BCUT2D eigenvalue weighted by Crippen LogP contribution is 2.27. The second-order valence-corrected chi connectivity index (χ2v) is 8.66. The van der Waals surface area contributed by atoms with Gasteiger partial charge in [-0.2, -0.15) is 10.4 Å². The van der Waals surface area contributed by atoms with E-state index >= 15 is 0 Å². The molecule has 1 aliphatic heterocycles. The van der Waals surface area contributed by atoms with Gasteiger partial charge in [0.25, 0.3) is 17.6 Å². The first-order valence-electron chi connectivity index (χ1n) is 11.9. The minimum absolute atomic E-state index is 0.0856. The number of hydrogen-bond donors (Lipinski definition) is 2. The molecular formula is C28H24N6O4. The largest absolute Gasteiger partial charge is 0.365 e. The quantitative estimate of drug-likeness (QED) is 0.372. The lowest BCUT2D eigenvalue weighted by atomic mass is 9.97. The molecule has 0 radical (unpaired) electrons. The van der Waals surface area contributed by atoms with Crippen LogP contribution in [0, 0.1) is 11.3 Å². The van der Waals surface area contributed by atoms with E-state index in [1.54, 1.807) is 12.3 Å². The lowest BCUT2D eigenvalue weighted by Crippen LogP contribution is -2.61. The summed E-state index contributed by atoms with van der Waals surface area (Å²) >= 11 is 0. The highest BCUT2D eigenvalue weighted by Gasteiger charge is 2.51. The van der Waals surface area contributed by atoms with Crippen LogP contribution in [0.25, 0.3) is 17.1 Å². The van der Waals surface area contributed by atoms with Gasteiger partial charge < -0.3 is 20.5 Å². The highest BCUT2D eigenvalue weighted by atomic mass is 16.7. The van der Waals surface area contributed by atoms with Gasteiger partial charge in [0.1, 0.15) is 6.07 Å². The summed E-state index contributed by atoms with van der Waals surface area (Å²) in [6.45, 7) is 0.298. The van der Waals surface area contributed by atoms with Crippen molar-refractivity contribution in [3.05, 3.63) is 102 Å². The summed E-state index contributed by atoms with van der Waals surface area (Å²) < 4.78 is 12.8. The molecule has 2 aromatic heterocycles. The van der Waals surface area contributed by atoms with Crippen LogP contribution in [0.15, 0.2) is 85.2 Å². The number of carbonyl (C=O) groups is 2. The molecule has 1 saturated heterocycles. The summed E-state index contributed by atoms with van der Waals surface area (Å²) in [6, 6.07) is 23.1. The third kappa shape index (κ3) is 4.88. The first-order valence-corrected chi connectivity index (χ1v) is 11.9. The van der Waals surface area contributed by atoms with Crippen LogP contribution >= 0.6 is 0 Å². The minimum atomic E-state index is -1.85. The molecule has 0 bridgehead atoms. The van der Waals surface area contributed by atoms with E-state index in [-0.39, 0.29) is 36.6 Å². The third-order valence-corrected chi connectivity index (χ3v) is 6.22. The van der Waals surface area contributed by atoms with Gasteiger partial charge in [-0.3, -0.25) is 9.59 Å². The molecule has 190 valence electrons. The van der Waals surface area contributed by atoms with Crippen LogP contribution in [-0.4, -0.2) is 51.6 Å². The fourth-order valence-electron chi connectivity index (χ4n) is 4.38. The molecule has 10 nitrogen and oxygen atoms in total. The number of rotatable bonds is 8. The minimum Gasteiger partial charge on any atom is -0.365 e. The smallest absolute Gasteiger partial charge is 0.280 e. The van der Waals surface area contributed by atoms with E-state index in [9.17, 15) is 14.9 Å². The topological polar surface area (TPSA) is 145 Å². The average molecular weight is 509 g/mol. The molecule has 0 aliphatic carbocycles. The number of benzene rings is 2. The predicted molar refractivity (Wildman–Crippen MR) is 137 cm³/mol. The number of pyridine rings is 1. The van der Waals surface area contributed by atoms with Crippen molar-refractivity contribution in [1.29, 1.82) is 5.26 Å². The second kappa shape index (κ2) is 10.6. The molecule has 3 heterocycles. The van der Waals surface area contributed by atoms with Gasteiger partial charge in [-0.05, 0) is 24.1 Å². The summed E-state index contributed by atoms with van der Waals surface area (Å²) in [5.74, 6) is -3.08. The Labute approximate surface area is 218 Å². The van der Waals surface area contributed by atoms with E-state index in [0.29, 0.717) is 5.69 Å². The molecule has 2 aromatic carbocycles. The van der Waals surface area contributed by atoms with Crippen molar-refractivity contribution in [3.63, 3.8) is 0 Å². The summed E-state index contributed by atoms with van der Waals surface area (Å²) in [4.78, 5) is 30.6. The zero-order valence-electron chi connectivity index (χ0n) is 20.3. The first-order chi connectivity index (χ1) is 18.5. The van der Waals surface area contributed by atoms with Gasteiger partial charge in [-0.15, -0.1) is 0 Å². The van der Waals surface area contributed by atoms with E-state index in [0.717, 1.165) is 11.1 Å². The van der Waals surface area contributed by atoms with E-state index < -0.39 is 23.6 Å². The molecule has 1 atom stereocenters. The number of aromatic nitrogens is 3. The molecule has 38 heavy (non-hydrogen) atoms. The number of carbonyl (C=O) groups excluding carboxylic acids is 2. The highest BCUT2D eigenvalue weighted by molar-refractivity contribution is 5.98. The Balaban J connectivity index is 1.52. The molecule has 0 spiro atoms. The number of nitrogens with two attached hydrogens (primary N) is 1. The van der Waals surface area contributed by atoms with Gasteiger partial charge in [0.2, 0.25) is 0 Å². The molecule has 1 aliphatic rings. The number of ether oxygens (including phenoxy) is 2. The maximum atomic E-state index is 13.7. The Morgan fingerprint density at radius 2 is 1.76 bits per heavy atom. The number of nitrogens with one attached hydrogen (secondary N) is 1. The van der Waals surface area contributed by atoms with Crippen molar-refractivity contribution in [2.75, 3.05) is 13.2 Å². The molecule has 4 aromatic rings. The van der Waals surface area contributed by atoms with E-state index in [2.05, 4.69) is 15.4 Å². The Hall–Kier alpha value is -4.85. The first kappa shape index (κ1) is 24.8. The number of primary amides is 1. The zero-order chi connectivity index (χ0) is 26.5. The average Bonchev–Trinajstić information content (AvgIpc) is 3.65. The fourth-order valence-corrected chi connectivity index (χ4v) is 4.38. The maximum Gasteiger partial charge on any atom is 0.280 e. The van der Waals surface area contributed by atoms with E-state index in [4.69, 9.17) is 15.2 Å². The standard InChI is InChI=1S/C28H24N6O4/c29-17-20-15-22(25(31-18-20)34-12-11-23(33-34)21-9-5-2-6-10-21)26(35)32-24(16-19-7-3-1-4-8-19)28(27(30)36)37-13-14-38-28/h1-12,15,18,24H,13-14,16H2,(H2,30,36)(H,32,35). The summed E-state index contributed by atoms with van der Waals surface area (Å²) in [5, 5.41) is 16.9. The molecular weight excluding hydrogens is 484 g/mol. The molecule has 3 N–H and O–H groups in total. The normalized spacial score (nSPS) is 14.9. The molecule has 1 unspecified atom stereocenters. The molecule has 10 heteroatoms. The van der Waals surface area contributed by atoms with Crippen LogP contribution < -0.4 is 11.1 Å². The van der Waals surface area contributed by atoms with Gasteiger partial charge >= 0.3 is 0 Å². The SMILES string of the molecule is N#Cc1cnc(-n2ccc(-c3ccccc3)n2)c(C(=O)NC(Cc2ccccc2)C2(C(N)=O)OCCO2)c1. The zero-order valence-corrected chi connectivity index (χ0v) is 20.3. The molecule has 0 saturated carbocycles. The number of hydrogen-bond acceptors (Lipinski definition) is 7. The van der Waals surface area contributed by atoms with Crippen molar-refractivity contribution in [2.45, 2.75) is 18.2 Å². The molecule has 1 fully saturated rings. The third-order valence-electron chi connectivity index (χ3n) is 6.22. The Kier molecular flexibility index (Phi) is 6.95. The second-order valence-electron chi connectivity index (χ2n) is 8.66. The Bertz CT molecular complexity index is 1490. The predicted octanol–water partition coefficient (Wildman–Crippen LogP) is 2.38. The van der Waals surface area contributed by atoms with Crippen molar-refractivity contribution in [2.24, 2.45) is 5.73 Å². The van der Waals surface area contributed by atoms with Crippen LogP contribution in [-0.2, 0) is 20.7 Å². The molecule has 5 rings (SSSR count). The number of nitriles is 1. The van der Waals surface area contributed by atoms with Gasteiger partial charge in [-0.1, -0.05) is 60.7 Å². The van der Waals surface area contributed by atoms with Gasteiger partial charge in [0.15, 0.2) is 5.82 Å². The Morgan fingerprint density at radius 3 is 2.42 bits per heavy atom. The van der Waals surface area contributed by atoms with Crippen LogP contribution in [0.3, 0.4) is 0 Å². The van der Waals surface area contributed by atoms with Crippen LogP contribution in [0.4, 0.5) is 0 Å². The van der Waals surface area contributed by atoms with Gasteiger partial charge in [-0.25, -0.2) is 9.67 Å². The van der Waals surface area contributed by atoms with Gasteiger partial charge in [0.05, 0.1) is 36.1 Å². The summed E-state index contributed by atoms with van der Waals surface area (Å²) in [5.41, 5.74) is 8.41. The van der Waals surface area contributed by atoms with Crippen molar-refractivity contribution >= 4 is 11.8 Å². The maximum absolute atomic E-state index is 13.7. The van der Waals surface area contributed by atoms with Gasteiger partial charge in [0, 0.05) is 18.0 Å². The number of amides is 2. The monoisotopic (exact) mass is 508 g/mol. The lowest BCUT2D eigenvalue weighted by Gasteiger charge is -2.33. The summed E-state index contributed by atoms with van der Waals surface area (Å²) in [6.07, 6.45) is 3.25. The lowest BCUT2D eigenvalue weighted by molar-refractivity contribution is -0.189. The van der Waals surface area contributed by atoms with Crippen LogP contribution in [0.1, 0.15) is 21.5 Å². The van der Waals surface area contributed by atoms with Crippen LogP contribution in [0.5, 0.6) is 0 Å². The van der Waals surface area contributed by atoms with Crippen molar-refractivity contribution in [3.8, 4) is 23.1 Å². The van der Waals surface area contributed by atoms with Crippen molar-refractivity contribution < 1.29 is 19.1 Å². The van der Waals surface area contributed by atoms with E-state index in [1.165, 1.54) is 16.9 Å². The van der Waals surface area contributed by atoms with Crippen molar-refractivity contribution in [1.82, 2.24) is 20.1 Å². The van der Waals surface area contributed by atoms with E-state index in [1.807, 2.05) is 66.7 Å². The molecule has 2 amide bonds. The van der Waals surface area contributed by atoms with Crippen LogP contribution in [0.2, 0.25) is 0 Å². The number of nitrogens with zero attached hydrogens (tertiary/aromatic N) is 4. The summed E-state index contributed by atoms with van der Waals surface area (Å²) in [7, 11) is 0. The fraction of sp³-hybridized carbons (Fsp3) is 0.179.